The minimum absolute atomic E-state index is 0.0309. The zero-order chi connectivity index (χ0) is 10.6. The van der Waals surface area contributed by atoms with Gasteiger partial charge in [-0.05, 0) is 12.1 Å². The summed E-state index contributed by atoms with van der Waals surface area (Å²) in [5, 5.41) is 8.64. The molecule has 1 rings (SSSR count). The molecule has 74 valence electrons. The predicted octanol–water partition coefficient (Wildman–Crippen LogP) is 1.11. The van der Waals surface area contributed by atoms with Gasteiger partial charge in [0.25, 0.3) is 0 Å². The molecule has 0 N–H and O–H groups in total. The molecule has 0 bridgehead atoms. The maximum absolute atomic E-state index is 10.9. The summed E-state index contributed by atoms with van der Waals surface area (Å²) >= 11 is 0. The monoisotopic (exact) mass is 197 g/mol. The third-order valence-electron chi connectivity index (χ3n) is 1.41. The SMILES string of the molecule is C=C(Cc1ccco1)C(=O)O[N+](=O)[O-]. The second-order valence-electron chi connectivity index (χ2n) is 2.46. The first kappa shape index (κ1) is 9.97. The first-order valence-electron chi connectivity index (χ1n) is 3.66. The van der Waals surface area contributed by atoms with Crippen molar-refractivity contribution in [1.29, 1.82) is 0 Å². The fraction of sp³-hybridized carbons (Fsp3) is 0.125. The number of carbonyl (C=O) groups excluding carboxylic acids is 1. The summed E-state index contributed by atoms with van der Waals surface area (Å²) in [6, 6.07) is 3.27. The Morgan fingerprint density at radius 2 is 2.43 bits per heavy atom. The van der Waals surface area contributed by atoms with E-state index in [2.05, 4.69) is 11.4 Å². The van der Waals surface area contributed by atoms with Crippen molar-refractivity contribution in [3.8, 4) is 0 Å². The average molecular weight is 197 g/mol. The summed E-state index contributed by atoms with van der Waals surface area (Å²) in [6.45, 7) is 3.34. The van der Waals surface area contributed by atoms with E-state index in [1.807, 2.05) is 0 Å². The van der Waals surface area contributed by atoms with Crippen molar-refractivity contribution in [2.45, 2.75) is 6.42 Å². The molecule has 6 nitrogen and oxygen atoms in total. The van der Waals surface area contributed by atoms with Crippen molar-refractivity contribution in [1.82, 2.24) is 0 Å². The Morgan fingerprint density at radius 3 is 2.93 bits per heavy atom. The maximum Gasteiger partial charge on any atom is 0.330 e. The summed E-state index contributed by atoms with van der Waals surface area (Å²) in [6.07, 6.45) is 1.53. The maximum atomic E-state index is 10.9. The molecule has 0 fully saturated rings. The molecule has 1 aromatic rings. The van der Waals surface area contributed by atoms with Gasteiger partial charge in [0.1, 0.15) is 5.76 Å². The molecule has 0 amide bonds. The van der Waals surface area contributed by atoms with Crippen molar-refractivity contribution in [3.05, 3.63) is 46.4 Å². The lowest BCUT2D eigenvalue weighted by Gasteiger charge is -1.99. The topological polar surface area (TPSA) is 82.6 Å². The van der Waals surface area contributed by atoms with Crippen LogP contribution in [-0.4, -0.2) is 11.1 Å². The first-order chi connectivity index (χ1) is 6.59. The molecule has 0 spiro atoms. The molecular formula is C8H7NO5. The van der Waals surface area contributed by atoms with E-state index in [-0.39, 0.29) is 12.0 Å². The number of nitrogens with zero attached hydrogens (tertiary/aromatic N) is 1. The smallest absolute Gasteiger partial charge is 0.330 e. The molecule has 0 saturated carbocycles. The highest BCUT2D eigenvalue weighted by Crippen LogP contribution is 2.08. The van der Waals surface area contributed by atoms with E-state index in [0.717, 1.165) is 0 Å². The van der Waals surface area contributed by atoms with Gasteiger partial charge in [0.15, 0.2) is 0 Å². The largest absolute Gasteiger partial charge is 0.469 e. The van der Waals surface area contributed by atoms with E-state index in [1.165, 1.54) is 6.26 Å². The van der Waals surface area contributed by atoms with Crippen LogP contribution in [0, 0.1) is 10.1 Å². The van der Waals surface area contributed by atoms with Crippen LogP contribution in [0.3, 0.4) is 0 Å². The molecule has 0 aliphatic heterocycles. The van der Waals surface area contributed by atoms with Gasteiger partial charge in [-0.25, -0.2) is 4.84 Å². The summed E-state index contributed by atoms with van der Waals surface area (Å²) in [5.41, 5.74) is -0.0309. The minimum atomic E-state index is -1.17. The second kappa shape index (κ2) is 4.22. The standard InChI is InChI=1S/C8H7NO5/c1-6(8(10)14-9(11)12)5-7-3-2-4-13-7/h2-4H,1,5H2. The van der Waals surface area contributed by atoms with E-state index < -0.39 is 11.1 Å². The third kappa shape index (κ3) is 2.74. The van der Waals surface area contributed by atoms with Gasteiger partial charge in [-0.2, -0.15) is 0 Å². The van der Waals surface area contributed by atoms with Crippen LogP contribution in [0.1, 0.15) is 5.76 Å². The molecule has 14 heavy (non-hydrogen) atoms. The Hall–Kier alpha value is -2.11. The van der Waals surface area contributed by atoms with Crippen molar-refractivity contribution >= 4 is 5.97 Å². The zero-order valence-electron chi connectivity index (χ0n) is 7.13. The number of carbonyl (C=O) groups is 1. The van der Waals surface area contributed by atoms with Crippen LogP contribution in [0.2, 0.25) is 0 Å². The van der Waals surface area contributed by atoms with Gasteiger partial charge in [0, 0.05) is 12.0 Å². The Bertz CT molecular complexity index is 354. The number of hydrogen-bond acceptors (Lipinski definition) is 5. The third-order valence-corrected chi connectivity index (χ3v) is 1.41. The van der Waals surface area contributed by atoms with E-state index in [0.29, 0.717) is 5.76 Å². The van der Waals surface area contributed by atoms with Crippen LogP contribution in [0.5, 0.6) is 0 Å². The molecular weight excluding hydrogens is 190 g/mol. The number of furan rings is 1. The Morgan fingerprint density at radius 1 is 1.71 bits per heavy atom. The Balaban J connectivity index is 2.50. The lowest BCUT2D eigenvalue weighted by molar-refractivity contribution is -0.728. The average Bonchev–Trinajstić information content (AvgIpc) is 2.55. The summed E-state index contributed by atoms with van der Waals surface area (Å²) < 4.78 is 4.92. The quantitative estimate of drug-likeness (QED) is 0.410. The molecule has 6 heteroatoms. The number of hydrogen-bond donors (Lipinski definition) is 0. The molecule has 0 radical (unpaired) electrons. The van der Waals surface area contributed by atoms with Gasteiger partial charge in [0.05, 0.1) is 6.26 Å². The predicted molar refractivity (Wildman–Crippen MR) is 44.6 cm³/mol. The highest BCUT2D eigenvalue weighted by Gasteiger charge is 2.13. The van der Waals surface area contributed by atoms with Crippen LogP contribution in [0.15, 0.2) is 35.0 Å². The lowest BCUT2D eigenvalue weighted by Crippen LogP contribution is -2.13. The first-order valence-corrected chi connectivity index (χ1v) is 3.66. The molecule has 0 aromatic carbocycles. The van der Waals surface area contributed by atoms with Crippen LogP contribution < -0.4 is 0 Å². The van der Waals surface area contributed by atoms with E-state index in [4.69, 9.17) is 4.42 Å². The summed E-state index contributed by atoms with van der Waals surface area (Å²) in [7, 11) is 0. The van der Waals surface area contributed by atoms with Crippen LogP contribution in [0.4, 0.5) is 0 Å². The molecule has 1 heterocycles. The fourth-order valence-corrected chi connectivity index (χ4v) is 0.828. The van der Waals surface area contributed by atoms with E-state index in [9.17, 15) is 14.9 Å². The number of rotatable bonds is 4. The summed E-state index contributed by atoms with van der Waals surface area (Å²) in [5.74, 6) is -0.568. The van der Waals surface area contributed by atoms with Crippen LogP contribution in [0.25, 0.3) is 0 Å². The summed E-state index contributed by atoms with van der Waals surface area (Å²) in [4.78, 5) is 24.4. The lowest BCUT2D eigenvalue weighted by atomic mass is 10.2. The van der Waals surface area contributed by atoms with E-state index in [1.54, 1.807) is 12.1 Å². The van der Waals surface area contributed by atoms with Crippen molar-refractivity contribution in [2.24, 2.45) is 0 Å². The van der Waals surface area contributed by atoms with Gasteiger partial charge in [-0.1, -0.05) is 6.58 Å². The van der Waals surface area contributed by atoms with Gasteiger partial charge < -0.3 is 4.42 Å². The normalized spacial score (nSPS) is 9.43. The van der Waals surface area contributed by atoms with E-state index >= 15 is 0 Å². The van der Waals surface area contributed by atoms with Gasteiger partial charge in [-0.3, -0.25) is 4.79 Å². The molecule has 0 aliphatic rings. The second-order valence-corrected chi connectivity index (χ2v) is 2.46. The van der Waals surface area contributed by atoms with Crippen LogP contribution in [-0.2, 0) is 16.1 Å². The van der Waals surface area contributed by atoms with Crippen LogP contribution >= 0.6 is 0 Å². The van der Waals surface area contributed by atoms with Crippen molar-refractivity contribution in [3.63, 3.8) is 0 Å². The highest BCUT2D eigenvalue weighted by molar-refractivity contribution is 5.87. The molecule has 0 saturated heterocycles. The van der Waals surface area contributed by atoms with Crippen molar-refractivity contribution < 1.29 is 19.1 Å². The minimum Gasteiger partial charge on any atom is -0.469 e. The zero-order valence-corrected chi connectivity index (χ0v) is 7.13. The fourth-order valence-electron chi connectivity index (χ4n) is 0.828. The van der Waals surface area contributed by atoms with Gasteiger partial charge >= 0.3 is 11.1 Å². The highest BCUT2D eigenvalue weighted by atomic mass is 17.0. The molecule has 1 aromatic heterocycles. The van der Waals surface area contributed by atoms with Gasteiger partial charge in [0.2, 0.25) is 0 Å². The Labute approximate surface area is 78.9 Å². The van der Waals surface area contributed by atoms with Gasteiger partial charge in [-0.15, -0.1) is 10.1 Å². The molecule has 0 aliphatic carbocycles. The molecule has 0 atom stereocenters. The van der Waals surface area contributed by atoms with Crippen molar-refractivity contribution in [2.75, 3.05) is 0 Å². The molecule has 0 unspecified atom stereocenters. The Kier molecular flexibility index (Phi) is 3.01.